The van der Waals surface area contributed by atoms with Crippen LogP contribution in [0.5, 0.6) is 0 Å². The lowest BCUT2D eigenvalue weighted by atomic mass is 10.1. The van der Waals surface area contributed by atoms with Crippen LogP contribution in [0.3, 0.4) is 0 Å². The fraction of sp³-hybridized carbons (Fsp3) is 0.135. The molecule has 6 rings (SSSR count). The van der Waals surface area contributed by atoms with E-state index in [1.165, 1.54) is 36.4 Å². The number of aromatic nitrogens is 2. The normalized spacial score (nSPS) is 18.1. The zero-order valence-corrected chi connectivity index (χ0v) is 26.3. The largest absolute Gasteiger partial charge is 0.459 e. The Morgan fingerprint density at radius 3 is 1.65 bits per heavy atom. The summed E-state index contributed by atoms with van der Waals surface area (Å²) in [6.07, 6.45) is -5.25. The number of hydrogen-bond acceptors (Lipinski definition) is 10. The van der Waals surface area contributed by atoms with Gasteiger partial charge in [-0.3, -0.25) is 14.2 Å². The van der Waals surface area contributed by atoms with Crippen molar-refractivity contribution in [2.75, 3.05) is 6.61 Å². The maximum Gasteiger partial charge on any atom is 0.340 e. The van der Waals surface area contributed by atoms with Gasteiger partial charge in [0.25, 0.3) is 11.5 Å². The summed E-state index contributed by atoms with van der Waals surface area (Å²) in [6, 6.07) is 25.0. The van der Waals surface area contributed by atoms with E-state index in [1.54, 1.807) is 36.4 Å². The molecule has 0 aliphatic carbocycles. The highest BCUT2D eigenvalue weighted by atomic mass is 19.1. The summed E-state index contributed by atoms with van der Waals surface area (Å²) in [5.74, 6) is -5.04. The smallest absolute Gasteiger partial charge is 0.340 e. The van der Waals surface area contributed by atoms with Crippen LogP contribution >= 0.6 is 0 Å². The number of nitrogens with zero attached hydrogens (tertiary/aromatic N) is 2. The van der Waals surface area contributed by atoms with Crippen molar-refractivity contribution in [2.24, 2.45) is 0 Å². The molecule has 0 amide bonds. The van der Waals surface area contributed by atoms with Crippen LogP contribution in [-0.2, 0) is 18.9 Å². The first-order valence-corrected chi connectivity index (χ1v) is 15.4. The van der Waals surface area contributed by atoms with E-state index in [1.807, 2.05) is 0 Å². The van der Waals surface area contributed by atoms with Gasteiger partial charge in [0, 0.05) is 17.8 Å². The number of carbonyl (C=O) groups is 4. The molecule has 0 spiro atoms. The second kappa shape index (κ2) is 14.9. The van der Waals surface area contributed by atoms with Crippen LogP contribution in [0.4, 0.5) is 8.78 Å². The Hall–Kier alpha value is -6.54. The van der Waals surface area contributed by atoms with Gasteiger partial charge in [-0.2, -0.15) is 4.57 Å². The quantitative estimate of drug-likeness (QED) is 0.162. The van der Waals surface area contributed by atoms with E-state index in [-0.39, 0.29) is 26.8 Å². The van der Waals surface area contributed by atoms with Gasteiger partial charge in [-0.1, -0.05) is 36.4 Å². The predicted molar refractivity (Wildman–Crippen MR) is 173 cm³/mol. The number of benzene rings is 4. The monoisotopic (exact) mass is 696 g/mol. The number of rotatable bonds is 9. The van der Waals surface area contributed by atoms with Crippen LogP contribution in [-0.4, -0.2) is 57.9 Å². The van der Waals surface area contributed by atoms with Crippen molar-refractivity contribution < 1.29 is 46.9 Å². The van der Waals surface area contributed by atoms with E-state index in [0.717, 1.165) is 53.2 Å². The average Bonchev–Trinajstić information content (AvgIpc) is 3.47. The standard InChI is InChI=1S/C37H26F2N2O10/c38-26-15-11-22(12-16-26)32(43)41-29(42)19-20-40(37(41)47)33-31(51-36(46)24-9-5-2-6-10-24)30(50-35(45)23-7-3-1-4-8-23)28(49-33)21-48-34(44)25-13-17-27(39)18-14-25/h1-20,28,30-31,33H,21H2/t28-,30-,31+,33-/m0/s1. The average molecular weight is 697 g/mol. The molecule has 4 aromatic carbocycles. The second-order valence-electron chi connectivity index (χ2n) is 11.1. The number of esters is 3. The minimum absolute atomic E-state index is 0.0153. The molecule has 258 valence electrons. The Morgan fingerprint density at radius 1 is 0.608 bits per heavy atom. The Morgan fingerprint density at radius 2 is 1.10 bits per heavy atom. The molecule has 1 aromatic heterocycles. The molecule has 1 aliphatic rings. The van der Waals surface area contributed by atoms with E-state index in [4.69, 9.17) is 18.9 Å². The van der Waals surface area contributed by atoms with Crippen LogP contribution in [0.15, 0.2) is 131 Å². The maximum atomic E-state index is 13.9. The number of carbonyl (C=O) groups excluding carboxylic acids is 4. The molecule has 0 saturated carbocycles. The van der Waals surface area contributed by atoms with Gasteiger partial charge < -0.3 is 18.9 Å². The molecule has 1 saturated heterocycles. The Balaban J connectivity index is 1.41. The molecule has 1 fully saturated rings. The third kappa shape index (κ3) is 7.55. The molecule has 2 heterocycles. The van der Waals surface area contributed by atoms with Gasteiger partial charge in [0.05, 0.1) is 16.7 Å². The fourth-order valence-corrected chi connectivity index (χ4v) is 5.29. The second-order valence-corrected chi connectivity index (χ2v) is 11.1. The number of ether oxygens (including phenoxy) is 4. The van der Waals surface area contributed by atoms with Crippen molar-refractivity contribution >= 4 is 23.8 Å². The third-order valence-corrected chi connectivity index (χ3v) is 7.83. The summed E-state index contributed by atoms with van der Waals surface area (Å²) in [7, 11) is 0. The fourth-order valence-electron chi connectivity index (χ4n) is 5.29. The predicted octanol–water partition coefficient (Wildman–Crippen LogP) is 4.18. The number of halogens is 2. The van der Waals surface area contributed by atoms with E-state index >= 15 is 0 Å². The SMILES string of the molecule is O=C(OC[C@@H]1O[C@H](n2ccc(=O)n(C(=O)c3ccc(F)cc3)c2=O)[C@H](OC(=O)c2ccccc2)[C@H]1OC(=O)c1ccccc1)c1ccc(F)cc1. The van der Waals surface area contributed by atoms with Crippen molar-refractivity contribution in [3.05, 3.63) is 176 Å². The highest BCUT2D eigenvalue weighted by Gasteiger charge is 2.52. The van der Waals surface area contributed by atoms with Gasteiger partial charge >= 0.3 is 23.6 Å². The van der Waals surface area contributed by atoms with Crippen molar-refractivity contribution in [2.45, 2.75) is 24.5 Å². The molecule has 0 N–H and O–H groups in total. The van der Waals surface area contributed by atoms with Crippen molar-refractivity contribution in [1.82, 2.24) is 9.13 Å². The van der Waals surface area contributed by atoms with Crippen LogP contribution in [0.25, 0.3) is 0 Å². The zero-order valence-electron chi connectivity index (χ0n) is 26.3. The zero-order chi connectivity index (χ0) is 36.1. The first kappa shape index (κ1) is 34.3. The van der Waals surface area contributed by atoms with Crippen molar-refractivity contribution in [3.63, 3.8) is 0 Å². The first-order chi connectivity index (χ1) is 24.6. The van der Waals surface area contributed by atoms with Gasteiger partial charge in [-0.05, 0) is 72.8 Å². The minimum Gasteiger partial charge on any atom is -0.459 e. The molecule has 12 nitrogen and oxygen atoms in total. The molecule has 0 bridgehead atoms. The summed E-state index contributed by atoms with van der Waals surface area (Å²) in [4.78, 5) is 79.8. The van der Waals surface area contributed by atoms with E-state index in [2.05, 4.69) is 0 Å². The summed E-state index contributed by atoms with van der Waals surface area (Å²) in [5.41, 5.74) is -2.28. The number of hydrogen-bond donors (Lipinski definition) is 0. The highest BCUT2D eigenvalue weighted by Crippen LogP contribution is 2.35. The molecule has 0 unspecified atom stereocenters. The molecule has 51 heavy (non-hydrogen) atoms. The van der Waals surface area contributed by atoms with Gasteiger partial charge in [0.15, 0.2) is 18.4 Å². The van der Waals surface area contributed by atoms with Crippen LogP contribution in [0, 0.1) is 11.6 Å². The van der Waals surface area contributed by atoms with Crippen LogP contribution < -0.4 is 11.2 Å². The van der Waals surface area contributed by atoms with Gasteiger partial charge in [0.1, 0.15) is 24.3 Å². The van der Waals surface area contributed by atoms with Crippen molar-refractivity contribution in [1.29, 1.82) is 0 Å². The Labute approximate surface area is 287 Å². The van der Waals surface area contributed by atoms with Gasteiger partial charge in [0.2, 0.25) is 0 Å². The van der Waals surface area contributed by atoms with Gasteiger partial charge in [-0.25, -0.2) is 28.0 Å². The molecule has 5 aromatic rings. The molecule has 4 atom stereocenters. The lowest BCUT2D eigenvalue weighted by Gasteiger charge is -2.25. The van der Waals surface area contributed by atoms with E-state index in [0.29, 0.717) is 0 Å². The molecule has 0 radical (unpaired) electrons. The molecular formula is C37H26F2N2O10. The van der Waals surface area contributed by atoms with E-state index in [9.17, 15) is 37.5 Å². The van der Waals surface area contributed by atoms with Gasteiger partial charge in [-0.15, -0.1) is 0 Å². The summed E-state index contributed by atoms with van der Waals surface area (Å²) in [6.45, 7) is -0.623. The molecule has 14 heteroatoms. The summed E-state index contributed by atoms with van der Waals surface area (Å²) >= 11 is 0. The Bertz CT molecular complexity index is 2190. The minimum atomic E-state index is -1.67. The lowest BCUT2D eigenvalue weighted by Crippen LogP contribution is -2.47. The summed E-state index contributed by atoms with van der Waals surface area (Å²) < 4.78 is 51.3. The Kier molecular flexibility index (Phi) is 10.0. The van der Waals surface area contributed by atoms with Crippen LogP contribution in [0.2, 0.25) is 0 Å². The topological polar surface area (TPSA) is 149 Å². The molecule has 1 aliphatic heterocycles. The molecular weight excluding hydrogens is 670 g/mol. The van der Waals surface area contributed by atoms with Crippen LogP contribution in [0.1, 0.15) is 47.7 Å². The highest BCUT2D eigenvalue weighted by molar-refractivity contribution is 5.95. The van der Waals surface area contributed by atoms with Crippen molar-refractivity contribution in [3.8, 4) is 0 Å². The lowest BCUT2D eigenvalue weighted by molar-refractivity contribution is -0.0643. The summed E-state index contributed by atoms with van der Waals surface area (Å²) in [5, 5.41) is 0. The van der Waals surface area contributed by atoms with E-state index < -0.39 is 77.8 Å². The third-order valence-electron chi connectivity index (χ3n) is 7.83. The maximum absolute atomic E-state index is 13.9. The first-order valence-electron chi connectivity index (χ1n) is 15.4.